The smallest absolute Gasteiger partial charge is 0.223 e. The maximum Gasteiger partial charge on any atom is 0.223 e. The van der Waals surface area contributed by atoms with Crippen molar-refractivity contribution >= 4 is 15.9 Å². The van der Waals surface area contributed by atoms with Gasteiger partial charge >= 0.3 is 0 Å². The van der Waals surface area contributed by atoms with Gasteiger partial charge in [-0.1, -0.05) is 12.2 Å². The second-order valence-electron chi connectivity index (χ2n) is 5.53. The molecule has 0 aromatic carbocycles. The number of hydrogen-bond acceptors (Lipinski definition) is 3. The molecule has 1 aliphatic heterocycles. The molecule has 0 spiro atoms. The predicted molar refractivity (Wildman–Crippen MR) is 74.1 cm³/mol. The van der Waals surface area contributed by atoms with Crippen molar-refractivity contribution in [1.29, 1.82) is 0 Å². The Balaban J connectivity index is 1.90. The average molecular weight is 286 g/mol. The first-order valence-corrected chi connectivity index (χ1v) is 8.64. The van der Waals surface area contributed by atoms with Gasteiger partial charge in [-0.2, -0.15) is 4.31 Å². The lowest BCUT2D eigenvalue weighted by Gasteiger charge is -2.38. The quantitative estimate of drug-likeness (QED) is 0.722. The summed E-state index contributed by atoms with van der Waals surface area (Å²) in [5.41, 5.74) is 0. The van der Waals surface area contributed by atoms with Gasteiger partial charge in [-0.05, 0) is 25.7 Å². The van der Waals surface area contributed by atoms with E-state index < -0.39 is 10.0 Å². The fourth-order valence-corrected chi connectivity index (χ4v) is 4.01. The van der Waals surface area contributed by atoms with E-state index in [0.29, 0.717) is 32.0 Å². The van der Waals surface area contributed by atoms with Gasteiger partial charge in [0.25, 0.3) is 0 Å². The molecule has 2 aliphatic rings. The number of carbonyl (C=O) groups is 1. The van der Waals surface area contributed by atoms with Crippen molar-refractivity contribution in [1.82, 2.24) is 9.21 Å². The first-order valence-electron chi connectivity index (χ1n) is 6.79. The van der Waals surface area contributed by atoms with Crippen LogP contribution in [0.15, 0.2) is 12.2 Å². The third kappa shape index (κ3) is 3.57. The molecule has 0 N–H and O–H groups in total. The molecule has 1 fully saturated rings. The van der Waals surface area contributed by atoms with E-state index in [1.165, 1.54) is 10.6 Å². The highest BCUT2D eigenvalue weighted by Gasteiger charge is 2.32. The molecule has 108 valence electrons. The number of allylic oxidation sites excluding steroid dienone is 2. The van der Waals surface area contributed by atoms with Gasteiger partial charge in [0, 0.05) is 32.1 Å². The molecule has 0 aromatic heterocycles. The first-order chi connectivity index (χ1) is 8.88. The molecule has 0 bridgehead atoms. The van der Waals surface area contributed by atoms with Gasteiger partial charge in [0.1, 0.15) is 0 Å². The molecule has 0 aromatic rings. The monoisotopic (exact) mass is 286 g/mol. The molecular formula is C13H22N2O3S. The van der Waals surface area contributed by atoms with Crippen LogP contribution in [0.3, 0.4) is 0 Å². The molecule has 1 amide bonds. The van der Waals surface area contributed by atoms with Crippen molar-refractivity contribution in [3.8, 4) is 0 Å². The molecule has 1 unspecified atom stereocenters. The predicted octanol–water partition coefficient (Wildman–Crippen LogP) is 0.835. The third-order valence-corrected chi connectivity index (χ3v) is 5.29. The highest BCUT2D eigenvalue weighted by Crippen LogP contribution is 2.22. The zero-order valence-corrected chi connectivity index (χ0v) is 12.4. The zero-order chi connectivity index (χ0) is 14.0. The second kappa shape index (κ2) is 5.63. The summed E-state index contributed by atoms with van der Waals surface area (Å²) in [7, 11) is -3.16. The summed E-state index contributed by atoms with van der Waals surface area (Å²) in [5, 5.41) is 0. The number of amides is 1. The zero-order valence-electron chi connectivity index (χ0n) is 11.6. The fraction of sp³-hybridized carbons (Fsp3) is 0.769. The van der Waals surface area contributed by atoms with Crippen molar-refractivity contribution in [2.24, 2.45) is 5.92 Å². The van der Waals surface area contributed by atoms with Crippen LogP contribution >= 0.6 is 0 Å². The lowest BCUT2D eigenvalue weighted by atomic mass is 10.0. The van der Waals surface area contributed by atoms with Crippen LogP contribution in [0.5, 0.6) is 0 Å². The Kier molecular flexibility index (Phi) is 4.30. The number of nitrogens with zero attached hydrogens (tertiary/aromatic N) is 2. The topological polar surface area (TPSA) is 57.7 Å². The van der Waals surface area contributed by atoms with Gasteiger partial charge in [0.2, 0.25) is 15.9 Å². The van der Waals surface area contributed by atoms with Crippen LogP contribution in [0.25, 0.3) is 0 Å². The van der Waals surface area contributed by atoms with Crippen LogP contribution in [0.4, 0.5) is 0 Å². The fourth-order valence-electron chi connectivity index (χ4n) is 2.88. The van der Waals surface area contributed by atoms with Gasteiger partial charge in [-0.25, -0.2) is 8.42 Å². The summed E-state index contributed by atoms with van der Waals surface area (Å²) in [5.74, 6) is 0.521. The largest absolute Gasteiger partial charge is 0.340 e. The lowest BCUT2D eigenvalue weighted by molar-refractivity contribution is -0.133. The molecule has 1 saturated heterocycles. The van der Waals surface area contributed by atoms with Gasteiger partial charge in [-0.15, -0.1) is 0 Å². The summed E-state index contributed by atoms with van der Waals surface area (Å²) in [6, 6.07) is -0.133. The molecule has 1 aliphatic carbocycles. The first kappa shape index (κ1) is 14.5. The molecule has 2 rings (SSSR count). The maximum absolute atomic E-state index is 12.2. The lowest BCUT2D eigenvalue weighted by Crippen LogP contribution is -2.55. The van der Waals surface area contributed by atoms with E-state index >= 15 is 0 Å². The minimum absolute atomic E-state index is 0.133. The Hall–Kier alpha value is -0.880. The van der Waals surface area contributed by atoms with Crippen molar-refractivity contribution < 1.29 is 13.2 Å². The van der Waals surface area contributed by atoms with E-state index in [9.17, 15) is 13.2 Å². The van der Waals surface area contributed by atoms with E-state index in [1.54, 1.807) is 4.90 Å². The molecule has 19 heavy (non-hydrogen) atoms. The Morgan fingerprint density at radius 1 is 1.37 bits per heavy atom. The maximum atomic E-state index is 12.2. The Labute approximate surface area is 115 Å². The normalized spacial score (nSPS) is 28.8. The molecule has 0 radical (unpaired) electrons. The summed E-state index contributed by atoms with van der Waals surface area (Å²) in [6.07, 6.45) is 8.16. The van der Waals surface area contributed by atoms with Gasteiger partial charge in [-0.3, -0.25) is 4.79 Å². The Morgan fingerprint density at radius 2 is 2.11 bits per heavy atom. The number of piperazine rings is 1. The molecule has 5 nitrogen and oxygen atoms in total. The van der Waals surface area contributed by atoms with Crippen molar-refractivity contribution in [3.63, 3.8) is 0 Å². The highest BCUT2D eigenvalue weighted by atomic mass is 32.2. The number of sulfonamides is 1. The second-order valence-corrected chi connectivity index (χ2v) is 7.47. The molecule has 6 heteroatoms. The van der Waals surface area contributed by atoms with Gasteiger partial charge < -0.3 is 4.90 Å². The van der Waals surface area contributed by atoms with Crippen LogP contribution in [-0.2, 0) is 14.8 Å². The van der Waals surface area contributed by atoms with Crippen LogP contribution in [0, 0.1) is 5.92 Å². The highest BCUT2D eigenvalue weighted by molar-refractivity contribution is 7.88. The standard InChI is InChI=1S/C13H22N2O3S/c1-11-10-14(7-8-15(11)19(2,17)18)13(16)9-12-5-3-4-6-12/h3,5,11-12H,4,6-10H2,1-2H3/t11-,12?/m0/s1. The van der Waals surface area contributed by atoms with Crippen LogP contribution in [-0.4, -0.2) is 55.5 Å². The Morgan fingerprint density at radius 3 is 2.63 bits per heavy atom. The minimum atomic E-state index is -3.16. The van der Waals surface area contributed by atoms with E-state index in [2.05, 4.69) is 12.2 Å². The summed E-state index contributed by atoms with van der Waals surface area (Å²) in [6.45, 7) is 3.28. The van der Waals surface area contributed by atoms with Gasteiger partial charge in [0.15, 0.2) is 0 Å². The summed E-state index contributed by atoms with van der Waals surface area (Å²) < 4.78 is 24.6. The van der Waals surface area contributed by atoms with Crippen LogP contribution in [0.2, 0.25) is 0 Å². The molecule has 1 heterocycles. The Bertz CT molecular complexity index is 472. The van der Waals surface area contributed by atoms with E-state index in [0.717, 1.165) is 12.8 Å². The third-order valence-electron chi connectivity index (χ3n) is 3.89. The van der Waals surface area contributed by atoms with Crippen molar-refractivity contribution in [3.05, 3.63) is 12.2 Å². The van der Waals surface area contributed by atoms with E-state index in [-0.39, 0.29) is 11.9 Å². The number of carbonyl (C=O) groups excluding carboxylic acids is 1. The van der Waals surface area contributed by atoms with Crippen molar-refractivity contribution in [2.45, 2.75) is 32.2 Å². The number of rotatable bonds is 3. The summed E-state index contributed by atoms with van der Waals surface area (Å²) in [4.78, 5) is 14.0. The molecule has 2 atom stereocenters. The van der Waals surface area contributed by atoms with E-state index in [4.69, 9.17) is 0 Å². The SMILES string of the molecule is C[C@H]1CN(C(=O)CC2C=CCC2)CCN1S(C)(=O)=O. The molecule has 0 saturated carbocycles. The summed E-state index contributed by atoms with van der Waals surface area (Å²) >= 11 is 0. The van der Waals surface area contributed by atoms with Crippen LogP contribution in [0.1, 0.15) is 26.2 Å². The average Bonchev–Trinajstić information content (AvgIpc) is 2.79. The minimum Gasteiger partial charge on any atom is -0.340 e. The van der Waals surface area contributed by atoms with Gasteiger partial charge in [0.05, 0.1) is 6.26 Å². The number of hydrogen-bond donors (Lipinski definition) is 0. The van der Waals surface area contributed by atoms with E-state index in [1.807, 2.05) is 6.92 Å². The van der Waals surface area contributed by atoms with Crippen LogP contribution < -0.4 is 0 Å². The molecular weight excluding hydrogens is 264 g/mol. The van der Waals surface area contributed by atoms with Crippen molar-refractivity contribution in [2.75, 3.05) is 25.9 Å².